The van der Waals surface area contributed by atoms with Crippen molar-refractivity contribution in [3.8, 4) is 0 Å². The maximum Gasteiger partial charge on any atom is 0.239 e. The van der Waals surface area contributed by atoms with Crippen molar-refractivity contribution < 1.29 is 9.59 Å². The normalized spacial score (nSPS) is 21.9. The fourth-order valence-corrected chi connectivity index (χ4v) is 3.75. The first kappa shape index (κ1) is 16.3. The standard InChI is InChI=1S/C18H23ClN2O2/c19-14-5-7-15(8-6-14)21-12-10-16(18(21)23)17(22)20-11-9-13-3-1-2-4-13/h5-8,13,16H,1-4,9-12H2,(H,20,22). The van der Waals surface area contributed by atoms with E-state index >= 15 is 0 Å². The predicted octanol–water partition coefficient (Wildman–Crippen LogP) is 3.39. The molecule has 23 heavy (non-hydrogen) atoms. The second kappa shape index (κ2) is 7.35. The molecule has 124 valence electrons. The first-order valence-electron chi connectivity index (χ1n) is 8.50. The minimum Gasteiger partial charge on any atom is -0.355 e. The van der Waals surface area contributed by atoms with Gasteiger partial charge in [-0.05, 0) is 43.0 Å². The second-order valence-corrected chi connectivity index (χ2v) is 6.97. The molecule has 2 amide bonds. The topological polar surface area (TPSA) is 49.4 Å². The van der Waals surface area contributed by atoms with Crippen LogP contribution < -0.4 is 10.2 Å². The van der Waals surface area contributed by atoms with Crippen molar-refractivity contribution in [2.75, 3.05) is 18.0 Å². The highest BCUT2D eigenvalue weighted by Crippen LogP contribution is 2.28. The van der Waals surface area contributed by atoms with Crippen LogP contribution in [0.1, 0.15) is 38.5 Å². The van der Waals surface area contributed by atoms with Crippen molar-refractivity contribution in [3.63, 3.8) is 0 Å². The van der Waals surface area contributed by atoms with Gasteiger partial charge in [0.05, 0.1) is 0 Å². The molecule has 1 aromatic carbocycles. The first-order valence-corrected chi connectivity index (χ1v) is 8.87. The molecule has 1 heterocycles. The third-order valence-corrected chi connectivity index (χ3v) is 5.24. The minimum absolute atomic E-state index is 0.106. The third-order valence-electron chi connectivity index (χ3n) is 4.99. The van der Waals surface area contributed by atoms with E-state index < -0.39 is 5.92 Å². The third kappa shape index (κ3) is 3.86. The van der Waals surface area contributed by atoms with E-state index in [2.05, 4.69) is 5.32 Å². The molecule has 1 saturated carbocycles. The Balaban J connectivity index is 1.51. The van der Waals surface area contributed by atoms with E-state index in [-0.39, 0.29) is 11.8 Å². The summed E-state index contributed by atoms with van der Waals surface area (Å²) in [6.45, 7) is 1.27. The largest absolute Gasteiger partial charge is 0.355 e. The van der Waals surface area contributed by atoms with E-state index in [9.17, 15) is 9.59 Å². The Kier molecular flexibility index (Phi) is 5.21. The fourth-order valence-electron chi connectivity index (χ4n) is 3.62. The van der Waals surface area contributed by atoms with E-state index in [0.29, 0.717) is 24.5 Å². The van der Waals surface area contributed by atoms with Gasteiger partial charge in [0.15, 0.2) is 0 Å². The van der Waals surface area contributed by atoms with E-state index in [1.807, 2.05) is 12.1 Å². The second-order valence-electron chi connectivity index (χ2n) is 6.54. The van der Waals surface area contributed by atoms with E-state index in [1.165, 1.54) is 25.7 Å². The molecule has 1 unspecified atom stereocenters. The number of nitrogens with zero attached hydrogens (tertiary/aromatic N) is 1. The smallest absolute Gasteiger partial charge is 0.239 e. The number of hydrogen-bond acceptors (Lipinski definition) is 2. The Labute approximate surface area is 142 Å². The Bertz CT molecular complexity index is 567. The molecule has 3 rings (SSSR count). The molecule has 4 nitrogen and oxygen atoms in total. The average Bonchev–Trinajstić information content (AvgIpc) is 3.18. The van der Waals surface area contributed by atoms with Crippen molar-refractivity contribution in [2.45, 2.75) is 38.5 Å². The lowest BCUT2D eigenvalue weighted by Gasteiger charge is -2.17. The molecule has 0 spiro atoms. The summed E-state index contributed by atoms with van der Waals surface area (Å²) in [6.07, 6.45) is 6.81. The van der Waals surface area contributed by atoms with Crippen molar-refractivity contribution >= 4 is 29.1 Å². The number of carbonyl (C=O) groups excluding carboxylic acids is 2. The number of benzene rings is 1. The summed E-state index contributed by atoms with van der Waals surface area (Å²) in [4.78, 5) is 26.4. The number of anilines is 1. The van der Waals surface area contributed by atoms with Crippen LogP contribution in [0.4, 0.5) is 5.69 Å². The zero-order valence-corrected chi connectivity index (χ0v) is 14.0. The van der Waals surface area contributed by atoms with Gasteiger partial charge < -0.3 is 10.2 Å². The van der Waals surface area contributed by atoms with E-state index in [1.54, 1.807) is 17.0 Å². The van der Waals surface area contributed by atoms with Crippen LogP contribution in [-0.4, -0.2) is 24.9 Å². The minimum atomic E-state index is -0.547. The summed E-state index contributed by atoms with van der Waals surface area (Å²) in [5.74, 6) is -0.0236. The van der Waals surface area contributed by atoms with Gasteiger partial charge >= 0.3 is 0 Å². The van der Waals surface area contributed by atoms with Crippen molar-refractivity contribution in [1.29, 1.82) is 0 Å². The van der Waals surface area contributed by atoms with Gasteiger partial charge in [-0.1, -0.05) is 37.3 Å². The quantitative estimate of drug-likeness (QED) is 0.839. The lowest BCUT2D eigenvalue weighted by atomic mass is 10.0. The summed E-state index contributed by atoms with van der Waals surface area (Å²) in [6, 6.07) is 7.17. The molecule has 5 heteroatoms. The lowest BCUT2D eigenvalue weighted by Crippen LogP contribution is -2.37. The maximum atomic E-state index is 12.5. The molecule has 1 N–H and O–H groups in total. The van der Waals surface area contributed by atoms with Gasteiger partial charge in [0.25, 0.3) is 0 Å². The molecular weight excluding hydrogens is 312 g/mol. The van der Waals surface area contributed by atoms with Gasteiger partial charge in [0.2, 0.25) is 11.8 Å². The Hall–Kier alpha value is -1.55. The number of amides is 2. The summed E-state index contributed by atoms with van der Waals surface area (Å²) in [7, 11) is 0. The highest BCUT2D eigenvalue weighted by atomic mass is 35.5. The van der Waals surface area contributed by atoms with Crippen LogP contribution in [0.2, 0.25) is 5.02 Å². The molecule has 1 aliphatic carbocycles. The zero-order chi connectivity index (χ0) is 16.2. The predicted molar refractivity (Wildman–Crippen MR) is 91.5 cm³/mol. The van der Waals surface area contributed by atoms with Crippen LogP contribution in [0.3, 0.4) is 0 Å². The van der Waals surface area contributed by atoms with Gasteiger partial charge in [-0.2, -0.15) is 0 Å². The van der Waals surface area contributed by atoms with Crippen molar-refractivity contribution in [3.05, 3.63) is 29.3 Å². The van der Waals surface area contributed by atoms with Crippen molar-refractivity contribution in [1.82, 2.24) is 5.32 Å². The van der Waals surface area contributed by atoms with Crippen LogP contribution in [0, 0.1) is 11.8 Å². The molecule has 0 aromatic heterocycles. The summed E-state index contributed by atoms with van der Waals surface area (Å²) in [5.41, 5.74) is 0.806. The molecule has 2 fully saturated rings. The van der Waals surface area contributed by atoms with Gasteiger partial charge in [-0.3, -0.25) is 9.59 Å². The molecule has 0 bridgehead atoms. The molecule has 0 radical (unpaired) electrons. The fraction of sp³-hybridized carbons (Fsp3) is 0.556. The molecule has 1 atom stereocenters. The highest BCUT2D eigenvalue weighted by molar-refractivity contribution is 6.30. The summed E-state index contributed by atoms with van der Waals surface area (Å²) >= 11 is 5.88. The van der Waals surface area contributed by atoms with Crippen LogP contribution in [-0.2, 0) is 9.59 Å². The SMILES string of the molecule is O=C(NCCC1CCCC1)C1CCN(c2ccc(Cl)cc2)C1=O. The number of rotatable bonds is 5. The van der Waals surface area contributed by atoms with Crippen LogP contribution >= 0.6 is 11.6 Å². The highest BCUT2D eigenvalue weighted by Gasteiger charge is 2.37. The van der Waals surface area contributed by atoms with E-state index in [4.69, 9.17) is 11.6 Å². The molecule has 1 saturated heterocycles. The Morgan fingerprint density at radius 2 is 1.87 bits per heavy atom. The molecule has 1 aromatic rings. The monoisotopic (exact) mass is 334 g/mol. The van der Waals surface area contributed by atoms with Gasteiger partial charge in [0, 0.05) is 23.8 Å². The lowest BCUT2D eigenvalue weighted by molar-refractivity contribution is -0.132. The van der Waals surface area contributed by atoms with Crippen molar-refractivity contribution in [2.24, 2.45) is 11.8 Å². The number of hydrogen-bond donors (Lipinski definition) is 1. The van der Waals surface area contributed by atoms with Crippen LogP contribution in [0.15, 0.2) is 24.3 Å². The number of carbonyl (C=O) groups is 2. The zero-order valence-electron chi connectivity index (χ0n) is 13.3. The van der Waals surface area contributed by atoms with E-state index in [0.717, 1.165) is 18.0 Å². The Morgan fingerprint density at radius 1 is 1.17 bits per heavy atom. The molecular formula is C18H23ClN2O2. The Morgan fingerprint density at radius 3 is 2.57 bits per heavy atom. The summed E-state index contributed by atoms with van der Waals surface area (Å²) in [5, 5.41) is 3.60. The molecule has 2 aliphatic rings. The molecule has 1 aliphatic heterocycles. The van der Waals surface area contributed by atoms with Gasteiger partial charge in [-0.25, -0.2) is 0 Å². The maximum absolute atomic E-state index is 12.5. The van der Waals surface area contributed by atoms with Gasteiger partial charge in [0.1, 0.15) is 5.92 Å². The average molecular weight is 335 g/mol. The first-order chi connectivity index (χ1) is 11.1. The van der Waals surface area contributed by atoms with Crippen LogP contribution in [0.5, 0.6) is 0 Å². The van der Waals surface area contributed by atoms with Crippen LogP contribution in [0.25, 0.3) is 0 Å². The number of nitrogens with one attached hydrogen (secondary N) is 1. The number of halogens is 1. The summed E-state index contributed by atoms with van der Waals surface area (Å²) < 4.78 is 0. The van der Waals surface area contributed by atoms with Gasteiger partial charge in [-0.15, -0.1) is 0 Å².